The van der Waals surface area contributed by atoms with Gasteiger partial charge >= 0.3 is 0 Å². The van der Waals surface area contributed by atoms with Gasteiger partial charge in [-0.15, -0.1) is 0 Å². The lowest BCUT2D eigenvalue weighted by molar-refractivity contribution is -0.127. The van der Waals surface area contributed by atoms with Crippen LogP contribution in [0.4, 0.5) is 4.79 Å². The van der Waals surface area contributed by atoms with Crippen LogP contribution in [0.2, 0.25) is 0 Å². The van der Waals surface area contributed by atoms with Gasteiger partial charge in [-0.05, 0) is 40.2 Å². The topological polar surface area (TPSA) is 80.5 Å². The molecule has 0 bridgehead atoms. The highest BCUT2D eigenvalue weighted by molar-refractivity contribution is 8.18. The molecular formula is C10H8N2O3S2. The van der Waals surface area contributed by atoms with E-state index in [0.717, 1.165) is 22.2 Å². The highest BCUT2D eigenvalue weighted by Crippen LogP contribution is 2.32. The Morgan fingerprint density at radius 3 is 2.82 bits per heavy atom. The van der Waals surface area contributed by atoms with Crippen molar-refractivity contribution in [1.29, 1.82) is 0 Å². The van der Waals surface area contributed by atoms with Gasteiger partial charge in [0.05, 0.1) is 4.91 Å². The molecule has 2 heterocycles. The number of hydrogen-bond acceptors (Lipinski definition) is 5. The molecule has 0 aromatic carbocycles. The summed E-state index contributed by atoms with van der Waals surface area (Å²) in [5.74, 6) is -1.17. The molecular weight excluding hydrogens is 260 g/mol. The lowest BCUT2D eigenvalue weighted by atomic mass is 10.3. The number of thiophene rings is 1. The standard InChI is InChI=1S/C10H8N2O3S2/c11-8(13)4-12-9(14)7(17-10(12)15)3-6-1-2-16-5-6/h1-3,5H,4H2,(H2,11,13)/b7-3-. The molecule has 88 valence electrons. The summed E-state index contributed by atoms with van der Waals surface area (Å²) in [7, 11) is 0. The van der Waals surface area contributed by atoms with Crippen LogP contribution >= 0.6 is 23.1 Å². The van der Waals surface area contributed by atoms with Gasteiger partial charge in [-0.3, -0.25) is 19.3 Å². The average Bonchev–Trinajstić information content (AvgIpc) is 2.83. The van der Waals surface area contributed by atoms with Gasteiger partial charge < -0.3 is 5.73 Å². The molecule has 1 aromatic rings. The molecule has 3 amide bonds. The smallest absolute Gasteiger partial charge is 0.294 e. The summed E-state index contributed by atoms with van der Waals surface area (Å²) in [6, 6.07) is 1.84. The van der Waals surface area contributed by atoms with E-state index in [1.807, 2.05) is 16.8 Å². The first-order chi connectivity index (χ1) is 8.08. The summed E-state index contributed by atoms with van der Waals surface area (Å²) in [5.41, 5.74) is 5.83. The number of nitrogens with zero attached hydrogens (tertiary/aromatic N) is 1. The van der Waals surface area contributed by atoms with Crippen LogP contribution in [0.25, 0.3) is 6.08 Å². The van der Waals surface area contributed by atoms with Crippen molar-refractivity contribution < 1.29 is 14.4 Å². The zero-order chi connectivity index (χ0) is 12.4. The number of thioether (sulfide) groups is 1. The van der Waals surface area contributed by atoms with Crippen molar-refractivity contribution >= 4 is 46.2 Å². The maximum atomic E-state index is 11.8. The van der Waals surface area contributed by atoms with Crippen molar-refractivity contribution in [2.45, 2.75) is 0 Å². The lowest BCUT2D eigenvalue weighted by Gasteiger charge is -2.08. The number of primary amides is 1. The largest absolute Gasteiger partial charge is 0.368 e. The summed E-state index contributed by atoms with van der Waals surface area (Å²) in [4.78, 5) is 35.2. The second-order valence-corrected chi connectivity index (χ2v) is 5.06. The van der Waals surface area contributed by atoms with E-state index >= 15 is 0 Å². The SMILES string of the molecule is NC(=O)CN1C(=O)S/C(=C\c2ccsc2)C1=O. The Kier molecular flexibility index (Phi) is 3.30. The van der Waals surface area contributed by atoms with E-state index < -0.39 is 17.1 Å². The van der Waals surface area contributed by atoms with Gasteiger partial charge in [0.2, 0.25) is 5.91 Å². The molecule has 2 N–H and O–H groups in total. The lowest BCUT2D eigenvalue weighted by Crippen LogP contribution is -2.36. The third-order valence-electron chi connectivity index (χ3n) is 2.03. The van der Waals surface area contributed by atoms with Crippen molar-refractivity contribution in [3.8, 4) is 0 Å². The minimum atomic E-state index is -0.705. The molecule has 1 aliphatic rings. The van der Waals surface area contributed by atoms with Crippen LogP contribution in [-0.4, -0.2) is 28.5 Å². The summed E-state index contributed by atoms with van der Waals surface area (Å²) in [5, 5.41) is 3.27. The van der Waals surface area contributed by atoms with E-state index in [0.29, 0.717) is 4.91 Å². The quantitative estimate of drug-likeness (QED) is 0.837. The molecule has 0 spiro atoms. The van der Waals surface area contributed by atoms with Crippen molar-refractivity contribution in [1.82, 2.24) is 4.90 Å². The predicted octanol–water partition coefficient (Wildman–Crippen LogP) is 1.27. The zero-order valence-corrected chi connectivity index (χ0v) is 10.2. The maximum absolute atomic E-state index is 11.8. The second kappa shape index (κ2) is 4.72. The van der Waals surface area contributed by atoms with Gasteiger partial charge in [0.1, 0.15) is 6.54 Å². The minimum Gasteiger partial charge on any atom is -0.368 e. The van der Waals surface area contributed by atoms with Gasteiger partial charge in [-0.25, -0.2) is 0 Å². The Hall–Kier alpha value is -1.60. The normalized spacial score (nSPS) is 18.1. The number of carbonyl (C=O) groups excluding carboxylic acids is 3. The molecule has 0 radical (unpaired) electrons. The van der Waals surface area contributed by atoms with Crippen molar-refractivity contribution in [3.05, 3.63) is 27.3 Å². The molecule has 1 aromatic heterocycles. The minimum absolute atomic E-state index is 0.314. The highest BCUT2D eigenvalue weighted by atomic mass is 32.2. The van der Waals surface area contributed by atoms with Crippen molar-refractivity contribution in [2.75, 3.05) is 6.54 Å². The summed E-state index contributed by atoms with van der Waals surface area (Å²) in [6.07, 6.45) is 1.63. The van der Waals surface area contributed by atoms with Crippen LogP contribution < -0.4 is 5.73 Å². The summed E-state index contributed by atoms with van der Waals surface area (Å²) in [6.45, 7) is -0.369. The maximum Gasteiger partial charge on any atom is 0.294 e. The second-order valence-electron chi connectivity index (χ2n) is 3.29. The Balaban J connectivity index is 2.21. The first kappa shape index (κ1) is 11.9. The van der Waals surface area contributed by atoms with Gasteiger partial charge in [0.15, 0.2) is 0 Å². The van der Waals surface area contributed by atoms with Crippen molar-refractivity contribution in [3.63, 3.8) is 0 Å². The third kappa shape index (κ3) is 2.56. The van der Waals surface area contributed by atoms with E-state index in [-0.39, 0.29) is 6.54 Å². The number of imide groups is 1. The zero-order valence-electron chi connectivity index (χ0n) is 8.58. The number of amides is 3. The van der Waals surface area contributed by atoms with E-state index in [4.69, 9.17) is 5.73 Å². The van der Waals surface area contributed by atoms with Crippen LogP contribution in [0.15, 0.2) is 21.7 Å². The molecule has 17 heavy (non-hydrogen) atoms. The molecule has 1 aliphatic heterocycles. The number of hydrogen-bond donors (Lipinski definition) is 1. The predicted molar refractivity (Wildman–Crippen MR) is 66.2 cm³/mol. The summed E-state index contributed by atoms with van der Waals surface area (Å²) < 4.78 is 0. The number of nitrogens with two attached hydrogens (primary N) is 1. The van der Waals surface area contributed by atoms with E-state index in [2.05, 4.69) is 0 Å². The average molecular weight is 268 g/mol. The van der Waals surface area contributed by atoms with Crippen LogP contribution in [0, 0.1) is 0 Å². The van der Waals surface area contributed by atoms with Crippen molar-refractivity contribution in [2.24, 2.45) is 5.73 Å². The van der Waals surface area contributed by atoms with Gasteiger partial charge in [0, 0.05) is 0 Å². The van der Waals surface area contributed by atoms with E-state index in [9.17, 15) is 14.4 Å². The first-order valence-corrected chi connectivity index (χ1v) is 6.40. The molecule has 0 atom stereocenters. The molecule has 1 saturated heterocycles. The number of carbonyl (C=O) groups is 3. The fourth-order valence-electron chi connectivity index (χ4n) is 1.30. The molecule has 1 fully saturated rings. The number of rotatable bonds is 3. The molecule has 0 saturated carbocycles. The van der Waals surface area contributed by atoms with Gasteiger partial charge in [-0.2, -0.15) is 11.3 Å². The Morgan fingerprint density at radius 2 is 2.24 bits per heavy atom. The molecule has 0 unspecified atom stereocenters. The fraction of sp³-hybridized carbons (Fsp3) is 0.100. The van der Waals surface area contributed by atoms with E-state index in [1.165, 1.54) is 11.3 Å². The van der Waals surface area contributed by atoms with Gasteiger partial charge in [0.25, 0.3) is 11.1 Å². The van der Waals surface area contributed by atoms with Crippen LogP contribution in [0.1, 0.15) is 5.56 Å². The third-order valence-corrected chi connectivity index (χ3v) is 3.64. The highest BCUT2D eigenvalue weighted by Gasteiger charge is 2.35. The van der Waals surface area contributed by atoms with Crippen LogP contribution in [-0.2, 0) is 9.59 Å². The first-order valence-electron chi connectivity index (χ1n) is 4.64. The summed E-state index contributed by atoms with van der Waals surface area (Å²) >= 11 is 2.32. The monoisotopic (exact) mass is 268 g/mol. The Bertz CT molecular complexity index is 508. The molecule has 5 nitrogen and oxygen atoms in total. The molecule has 2 rings (SSSR count). The molecule has 7 heteroatoms. The Labute approximate surface area is 105 Å². The molecule has 0 aliphatic carbocycles. The van der Waals surface area contributed by atoms with E-state index in [1.54, 1.807) is 6.08 Å². The van der Waals surface area contributed by atoms with Gasteiger partial charge in [-0.1, -0.05) is 0 Å². The fourth-order valence-corrected chi connectivity index (χ4v) is 2.76. The van der Waals surface area contributed by atoms with Crippen LogP contribution in [0.5, 0.6) is 0 Å². The van der Waals surface area contributed by atoms with Crippen LogP contribution in [0.3, 0.4) is 0 Å². The Morgan fingerprint density at radius 1 is 1.47 bits per heavy atom.